The van der Waals surface area contributed by atoms with Gasteiger partial charge in [-0.25, -0.2) is 0 Å². The summed E-state index contributed by atoms with van der Waals surface area (Å²) in [5.41, 5.74) is 2.62. The second kappa shape index (κ2) is 7.40. The minimum absolute atomic E-state index is 0.0260. The number of aryl methyl sites for hydroxylation is 1. The van der Waals surface area contributed by atoms with E-state index >= 15 is 0 Å². The summed E-state index contributed by atoms with van der Waals surface area (Å²) in [6.07, 6.45) is 0. The maximum absolute atomic E-state index is 12.1. The number of H-pyrrole nitrogens is 1. The van der Waals surface area contributed by atoms with Crippen LogP contribution in [0.4, 0.5) is 5.69 Å². The van der Waals surface area contributed by atoms with E-state index in [-0.39, 0.29) is 11.6 Å². The number of nitrogens with zero attached hydrogens (tertiary/aromatic N) is 1. The van der Waals surface area contributed by atoms with Crippen LogP contribution in [-0.4, -0.2) is 28.1 Å². The van der Waals surface area contributed by atoms with Crippen LogP contribution in [0.5, 0.6) is 0 Å². The molecular formula is C18H17N3O3S. The Kier molecular flexibility index (Phi) is 5.04. The minimum Gasteiger partial charge on any atom is -0.358 e. The van der Waals surface area contributed by atoms with Gasteiger partial charge in [-0.2, -0.15) is 0 Å². The molecule has 1 aromatic heterocycles. The fourth-order valence-electron chi connectivity index (χ4n) is 2.59. The third-order valence-corrected chi connectivity index (χ3v) is 5.03. The van der Waals surface area contributed by atoms with Crippen molar-refractivity contribution in [2.45, 2.75) is 11.8 Å². The van der Waals surface area contributed by atoms with Gasteiger partial charge in [-0.15, -0.1) is 11.8 Å². The van der Waals surface area contributed by atoms with Gasteiger partial charge in [0.15, 0.2) is 0 Å². The number of nitro groups is 1. The molecule has 0 unspecified atom stereocenters. The number of non-ortho nitro benzene ring substituents is 1. The molecule has 0 saturated carbocycles. The van der Waals surface area contributed by atoms with Crippen LogP contribution in [0.2, 0.25) is 0 Å². The molecule has 1 heterocycles. The number of aromatic nitrogens is 1. The zero-order chi connectivity index (χ0) is 17.8. The Bertz CT molecular complexity index is 919. The largest absolute Gasteiger partial charge is 0.358 e. The highest BCUT2D eigenvalue weighted by atomic mass is 32.2. The van der Waals surface area contributed by atoms with E-state index in [0.29, 0.717) is 12.1 Å². The molecule has 0 atom stereocenters. The number of hydrogen-bond donors (Lipinski definition) is 2. The Balaban J connectivity index is 1.55. The lowest BCUT2D eigenvalue weighted by atomic mass is 10.2. The maximum Gasteiger partial charge on any atom is 0.269 e. The molecular weight excluding hydrogens is 338 g/mol. The Morgan fingerprint density at radius 1 is 1.20 bits per heavy atom. The molecule has 0 fully saturated rings. The van der Waals surface area contributed by atoms with Crippen molar-refractivity contribution in [2.24, 2.45) is 0 Å². The van der Waals surface area contributed by atoms with Gasteiger partial charge in [0.2, 0.25) is 0 Å². The Hall–Kier alpha value is -2.80. The van der Waals surface area contributed by atoms with Crippen molar-refractivity contribution in [1.29, 1.82) is 0 Å². The van der Waals surface area contributed by atoms with Crippen molar-refractivity contribution in [3.8, 4) is 0 Å². The monoisotopic (exact) mass is 355 g/mol. The zero-order valence-corrected chi connectivity index (χ0v) is 14.4. The number of carbonyl (C=O) groups excluding carboxylic acids is 1. The first-order valence-corrected chi connectivity index (χ1v) is 8.77. The molecule has 6 nitrogen and oxygen atoms in total. The fraction of sp³-hybridized carbons (Fsp3) is 0.167. The fourth-order valence-corrected chi connectivity index (χ4v) is 3.60. The highest BCUT2D eigenvalue weighted by Gasteiger charge is 2.10. The summed E-state index contributed by atoms with van der Waals surface area (Å²) in [5.74, 6) is 0.507. The second-order valence-electron chi connectivity index (χ2n) is 5.53. The molecule has 0 aliphatic rings. The van der Waals surface area contributed by atoms with Crippen LogP contribution in [0.3, 0.4) is 0 Å². The summed E-state index contributed by atoms with van der Waals surface area (Å²) in [7, 11) is 0. The number of fused-ring (bicyclic) bond motifs is 1. The average molecular weight is 355 g/mol. The van der Waals surface area contributed by atoms with E-state index in [2.05, 4.69) is 16.4 Å². The van der Waals surface area contributed by atoms with Gasteiger partial charge in [0.25, 0.3) is 11.6 Å². The van der Waals surface area contributed by atoms with E-state index in [9.17, 15) is 14.9 Å². The van der Waals surface area contributed by atoms with E-state index in [1.54, 1.807) is 11.8 Å². The summed E-state index contributed by atoms with van der Waals surface area (Å²) in [6.45, 7) is 2.55. The summed E-state index contributed by atoms with van der Waals surface area (Å²) >= 11 is 1.69. The van der Waals surface area contributed by atoms with Gasteiger partial charge in [0.05, 0.1) is 4.92 Å². The number of para-hydroxylation sites is 1. The first kappa shape index (κ1) is 17.0. The molecule has 1 amide bonds. The topological polar surface area (TPSA) is 88.0 Å². The predicted octanol–water partition coefficient (Wildman–Crippen LogP) is 3.91. The molecule has 0 saturated heterocycles. The lowest BCUT2D eigenvalue weighted by Crippen LogP contribution is -2.25. The zero-order valence-electron chi connectivity index (χ0n) is 13.6. The first-order valence-electron chi connectivity index (χ1n) is 7.79. The number of aromatic amines is 1. The summed E-state index contributed by atoms with van der Waals surface area (Å²) < 4.78 is 0. The van der Waals surface area contributed by atoms with Crippen LogP contribution in [-0.2, 0) is 0 Å². The lowest BCUT2D eigenvalue weighted by molar-refractivity contribution is -0.384. The molecule has 0 aliphatic carbocycles. The predicted molar refractivity (Wildman–Crippen MR) is 99.2 cm³/mol. The Labute approximate surface area is 148 Å². The summed E-state index contributed by atoms with van der Waals surface area (Å²) in [6, 6.07) is 13.7. The van der Waals surface area contributed by atoms with Gasteiger partial charge in [-0.3, -0.25) is 14.9 Å². The van der Waals surface area contributed by atoms with E-state index in [1.807, 2.05) is 25.1 Å². The molecule has 0 radical (unpaired) electrons. The molecule has 0 bridgehead atoms. The second-order valence-corrected chi connectivity index (χ2v) is 6.64. The van der Waals surface area contributed by atoms with E-state index < -0.39 is 4.92 Å². The Morgan fingerprint density at radius 3 is 2.64 bits per heavy atom. The molecule has 2 N–H and O–H groups in total. The highest BCUT2D eigenvalue weighted by Crippen LogP contribution is 2.30. The van der Waals surface area contributed by atoms with E-state index in [0.717, 1.165) is 17.0 Å². The van der Waals surface area contributed by atoms with Crippen LogP contribution >= 0.6 is 11.8 Å². The van der Waals surface area contributed by atoms with Crippen LogP contribution in [0, 0.1) is 17.0 Å². The number of nitrogens with one attached hydrogen (secondary N) is 2. The van der Waals surface area contributed by atoms with E-state index in [1.165, 1.54) is 34.5 Å². The van der Waals surface area contributed by atoms with Gasteiger partial charge in [0, 0.05) is 51.5 Å². The highest BCUT2D eigenvalue weighted by molar-refractivity contribution is 7.99. The van der Waals surface area contributed by atoms with Crippen LogP contribution in [0.1, 0.15) is 16.1 Å². The molecule has 7 heteroatoms. The number of amides is 1. The number of hydrogen-bond acceptors (Lipinski definition) is 4. The summed E-state index contributed by atoms with van der Waals surface area (Å²) in [4.78, 5) is 26.8. The molecule has 128 valence electrons. The minimum atomic E-state index is -0.484. The van der Waals surface area contributed by atoms with Crippen molar-refractivity contribution < 1.29 is 9.72 Å². The third kappa shape index (κ3) is 3.83. The van der Waals surface area contributed by atoms with Gasteiger partial charge >= 0.3 is 0 Å². The van der Waals surface area contributed by atoms with Crippen molar-refractivity contribution in [1.82, 2.24) is 10.3 Å². The number of carbonyl (C=O) groups is 1. The molecule has 0 spiro atoms. The van der Waals surface area contributed by atoms with Gasteiger partial charge in [-0.05, 0) is 25.1 Å². The summed E-state index contributed by atoms with van der Waals surface area (Å²) in [5, 5.41) is 14.7. The van der Waals surface area contributed by atoms with Gasteiger partial charge < -0.3 is 10.3 Å². The van der Waals surface area contributed by atoms with E-state index in [4.69, 9.17) is 0 Å². The molecule has 25 heavy (non-hydrogen) atoms. The maximum atomic E-state index is 12.1. The lowest BCUT2D eigenvalue weighted by Gasteiger charge is -2.05. The number of rotatable bonds is 6. The van der Waals surface area contributed by atoms with Crippen LogP contribution < -0.4 is 5.32 Å². The first-order chi connectivity index (χ1) is 12.1. The van der Waals surface area contributed by atoms with Crippen molar-refractivity contribution in [2.75, 3.05) is 12.3 Å². The molecule has 0 aliphatic heterocycles. The van der Waals surface area contributed by atoms with Crippen molar-refractivity contribution >= 4 is 34.3 Å². The SMILES string of the molecule is Cc1[nH]c2ccccc2c1SCCNC(=O)c1ccc([N+](=O)[O-])cc1. The Morgan fingerprint density at radius 2 is 1.92 bits per heavy atom. The number of benzene rings is 2. The third-order valence-electron chi connectivity index (χ3n) is 3.81. The van der Waals surface area contributed by atoms with Crippen molar-refractivity contribution in [3.05, 3.63) is 69.9 Å². The quantitative estimate of drug-likeness (QED) is 0.304. The van der Waals surface area contributed by atoms with Gasteiger partial charge in [0.1, 0.15) is 0 Å². The van der Waals surface area contributed by atoms with Crippen molar-refractivity contribution in [3.63, 3.8) is 0 Å². The standard InChI is InChI=1S/C18H17N3O3S/c1-12-17(15-4-2-3-5-16(15)20-12)25-11-10-19-18(22)13-6-8-14(9-7-13)21(23)24/h2-9,20H,10-11H2,1H3,(H,19,22). The van der Waals surface area contributed by atoms with Crippen LogP contribution in [0.25, 0.3) is 10.9 Å². The smallest absolute Gasteiger partial charge is 0.269 e. The average Bonchev–Trinajstić information content (AvgIpc) is 2.94. The number of thioether (sulfide) groups is 1. The normalized spacial score (nSPS) is 10.8. The van der Waals surface area contributed by atoms with Gasteiger partial charge in [-0.1, -0.05) is 18.2 Å². The molecule has 2 aromatic carbocycles. The number of nitro benzene ring substituents is 1. The molecule has 3 rings (SSSR count). The molecule has 3 aromatic rings. The van der Waals surface area contributed by atoms with Crippen LogP contribution in [0.15, 0.2) is 53.4 Å².